The molecule has 2 heterocycles. The SMILES string of the molecule is CCCCC[C@H]1CC[C@H](c2ccc(-c3ccc(C(=O)Oc4ccc(-c5ccc(C(=O)Oc6cc7c8c(c9c(c7cc6OC)OC(c6ccc(OC)cc6)(c6ccc(N7CCOCC7)cc6)C=C9)C(CC)(OC)c6ccccc6-8)cc5)cc4)cc3)cc2)CC1. The molecule has 2 fully saturated rings. The Morgan fingerprint density at radius 2 is 1.17 bits per heavy atom. The quantitative estimate of drug-likeness (QED) is 0.0469. The van der Waals surface area contributed by atoms with Crippen molar-refractivity contribution in [2.24, 2.45) is 5.92 Å². The number of rotatable bonds is 18. The van der Waals surface area contributed by atoms with Crippen LogP contribution < -0.4 is 28.6 Å². The molecule has 0 radical (unpaired) electrons. The first-order valence-electron chi connectivity index (χ1n) is 31.3. The molecule has 2 aliphatic carbocycles. The summed E-state index contributed by atoms with van der Waals surface area (Å²) in [7, 11) is 5.02. The molecule has 1 saturated heterocycles. The van der Waals surface area contributed by atoms with Gasteiger partial charge in [0.15, 0.2) is 17.1 Å². The summed E-state index contributed by atoms with van der Waals surface area (Å²) in [5.41, 5.74) is 12.2. The fourth-order valence-corrected chi connectivity index (χ4v) is 14.1. The standard InChI is InChI=1S/C78H75NO9/c1-6-8-9-12-51-15-17-52(18-16-51)53-19-21-54(22-20-53)55-23-27-58(28-24-55)75(80)86-64-39-31-57(32-40-64)56-25-29-59(30-26-56)76(81)87-71-49-67-68(50-70(71)83-4)74-66(73-72(67)65-13-10-11-14-69(65)77(73,7-2)84-5)43-44-78(88-74,61-35-41-63(82-3)42-36-61)60-33-37-62(38-34-60)79-45-47-85-48-46-79/h10-11,13-14,19-44,49-52H,6-9,12,15-18,45-48H2,1-5H3/t51-,52-,77?,78?. The lowest BCUT2D eigenvalue weighted by atomic mass is 9.77. The minimum absolute atomic E-state index is 0.257. The Morgan fingerprint density at radius 3 is 1.77 bits per heavy atom. The van der Waals surface area contributed by atoms with Crippen LogP contribution in [0.3, 0.4) is 0 Å². The van der Waals surface area contributed by atoms with Gasteiger partial charge in [0, 0.05) is 53.5 Å². The summed E-state index contributed by atoms with van der Waals surface area (Å²) in [4.78, 5) is 30.1. The van der Waals surface area contributed by atoms with Gasteiger partial charge >= 0.3 is 11.9 Å². The third-order valence-electron chi connectivity index (χ3n) is 19.0. The Labute approximate surface area is 516 Å². The van der Waals surface area contributed by atoms with Gasteiger partial charge in [0.1, 0.15) is 22.8 Å². The molecule has 10 heteroatoms. The van der Waals surface area contributed by atoms with Crippen LogP contribution in [0.2, 0.25) is 0 Å². The Morgan fingerprint density at radius 1 is 0.591 bits per heavy atom. The molecule has 4 aliphatic rings. The fraction of sp³-hybridized carbons (Fsp3) is 0.282. The molecule has 9 aromatic carbocycles. The molecule has 446 valence electrons. The van der Waals surface area contributed by atoms with Gasteiger partial charge in [-0.2, -0.15) is 0 Å². The van der Waals surface area contributed by atoms with Gasteiger partial charge in [-0.25, -0.2) is 9.59 Å². The van der Waals surface area contributed by atoms with Gasteiger partial charge in [-0.05, 0) is 173 Å². The lowest BCUT2D eigenvalue weighted by Gasteiger charge is -2.39. The van der Waals surface area contributed by atoms with Gasteiger partial charge in [0.05, 0.1) is 38.6 Å². The molecule has 0 spiro atoms. The minimum atomic E-state index is -1.08. The number of hydrogen-bond acceptors (Lipinski definition) is 10. The van der Waals surface area contributed by atoms with Crippen molar-refractivity contribution < 1.29 is 42.7 Å². The third kappa shape index (κ3) is 10.9. The number of unbranched alkanes of at least 4 members (excludes halogenated alkanes) is 2. The zero-order chi connectivity index (χ0) is 60.4. The summed E-state index contributed by atoms with van der Waals surface area (Å²) in [6.07, 6.45) is 15.6. The molecule has 88 heavy (non-hydrogen) atoms. The molecule has 0 amide bonds. The van der Waals surface area contributed by atoms with Crippen molar-refractivity contribution in [3.63, 3.8) is 0 Å². The molecule has 9 aromatic rings. The van der Waals surface area contributed by atoms with Crippen LogP contribution >= 0.6 is 0 Å². The molecule has 1 saturated carbocycles. The molecular weight excluding hydrogens is 1090 g/mol. The Hall–Kier alpha value is -8.96. The predicted molar refractivity (Wildman–Crippen MR) is 349 cm³/mol. The van der Waals surface area contributed by atoms with E-state index in [1.54, 1.807) is 45.6 Å². The van der Waals surface area contributed by atoms with E-state index >= 15 is 0 Å². The predicted octanol–water partition coefficient (Wildman–Crippen LogP) is 17.9. The highest BCUT2D eigenvalue weighted by atomic mass is 16.6. The van der Waals surface area contributed by atoms with E-state index in [-0.39, 0.29) is 5.75 Å². The van der Waals surface area contributed by atoms with E-state index in [4.69, 9.17) is 33.2 Å². The molecular formula is C78H75NO9. The number of nitrogens with zero attached hydrogens (tertiary/aromatic N) is 1. The largest absolute Gasteiger partial charge is 0.497 e. The fourth-order valence-electron chi connectivity index (χ4n) is 14.1. The normalized spacial score (nSPS) is 19.3. The van der Waals surface area contributed by atoms with Crippen molar-refractivity contribution in [1.29, 1.82) is 0 Å². The zero-order valence-corrected chi connectivity index (χ0v) is 50.9. The number of morpholine rings is 1. The molecule has 0 bridgehead atoms. The van der Waals surface area contributed by atoms with Crippen molar-refractivity contribution in [1.82, 2.24) is 0 Å². The Kier molecular flexibility index (Phi) is 16.5. The summed E-state index contributed by atoms with van der Waals surface area (Å²) in [6.45, 7) is 7.45. The van der Waals surface area contributed by atoms with Crippen molar-refractivity contribution in [2.45, 2.75) is 88.8 Å². The van der Waals surface area contributed by atoms with Gasteiger partial charge in [-0.1, -0.05) is 155 Å². The molecule has 2 aliphatic heterocycles. The molecule has 0 aromatic heterocycles. The number of carbonyl (C=O) groups is 2. The average molecular weight is 1170 g/mol. The van der Waals surface area contributed by atoms with Crippen LogP contribution in [0.4, 0.5) is 5.69 Å². The first-order valence-corrected chi connectivity index (χ1v) is 31.3. The zero-order valence-electron chi connectivity index (χ0n) is 50.9. The highest BCUT2D eigenvalue weighted by Gasteiger charge is 2.48. The van der Waals surface area contributed by atoms with E-state index in [9.17, 15) is 9.59 Å². The first kappa shape index (κ1) is 58.1. The van der Waals surface area contributed by atoms with E-state index < -0.39 is 23.1 Å². The minimum Gasteiger partial charge on any atom is -0.497 e. The number of hydrogen-bond donors (Lipinski definition) is 0. The van der Waals surface area contributed by atoms with Crippen LogP contribution in [0.5, 0.6) is 28.7 Å². The maximum Gasteiger partial charge on any atom is 0.343 e. The number of carbonyl (C=O) groups excluding carboxylic acids is 2. The molecule has 10 nitrogen and oxygen atoms in total. The summed E-state index contributed by atoms with van der Waals surface area (Å²) in [5, 5.41) is 1.60. The van der Waals surface area contributed by atoms with Gasteiger partial charge in [-0.15, -0.1) is 0 Å². The second-order valence-corrected chi connectivity index (χ2v) is 23.8. The molecule has 13 rings (SSSR count). The van der Waals surface area contributed by atoms with Crippen LogP contribution in [0.25, 0.3) is 50.2 Å². The van der Waals surface area contributed by atoms with E-state index in [1.807, 2.05) is 78.9 Å². The number of ether oxygens (including phenoxy) is 7. The maximum absolute atomic E-state index is 14.4. The smallest absolute Gasteiger partial charge is 0.343 e. The van der Waals surface area contributed by atoms with Crippen LogP contribution in [0.1, 0.15) is 132 Å². The summed E-state index contributed by atoms with van der Waals surface area (Å²) in [6, 6.07) is 60.1. The second-order valence-electron chi connectivity index (χ2n) is 23.8. The third-order valence-corrected chi connectivity index (χ3v) is 19.0. The molecule has 2 atom stereocenters. The number of benzene rings is 9. The first-order chi connectivity index (χ1) is 43.1. The molecule has 2 unspecified atom stereocenters. The number of anilines is 1. The lowest BCUT2D eigenvalue weighted by molar-refractivity contribution is 0.0219. The monoisotopic (exact) mass is 1170 g/mol. The highest BCUT2D eigenvalue weighted by molar-refractivity contribution is 6.10. The second kappa shape index (κ2) is 25.0. The number of esters is 2. The van der Waals surface area contributed by atoms with Crippen LogP contribution in [-0.2, 0) is 20.7 Å². The van der Waals surface area contributed by atoms with E-state index in [0.717, 1.165) is 102 Å². The van der Waals surface area contributed by atoms with Crippen molar-refractivity contribution in [3.8, 4) is 62.1 Å². The van der Waals surface area contributed by atoms with Crippen LogP contribution in [0.15, 0.2) is 188 Å². The van der Waals surface area contributed by atoms with Gasteiger partial charge in [-0.3, -0.25) is 0 Å². The lowest BCUT2D eigenvalue weighted by Crippen LogP contribution is -2.37. The Balaban J connectivity index is 0.742. The highest BCUT2D eigenvalue weighted by Crippen LogP contribution is 2.60. The van der Waals surface area contributed by atoms with Crippen LogP contribution in [-0.4, -0.2) is 59.6 Å². The van der Waals surface area contributed by atoms with E-state index in [1.165, 1.54) is 56.9 Å². The van der Waals surface area contributed by atoms with E-state index in [2.05, 4.69) is 110 Å². The van der Waals surface area contributed by atoms with Crippen molar-refractivity contribution in [2.75, 3.05) is 52.5 Å². The molecule has 0 N–H and O–H groups in total. The van der Waals surface area contributed by atoms with Crippen molar-refractivity contribution in [3.05, 3.63) is 233 Å². The van der Waals surface area contributed by atoms with Crippen LogP contribution in [0, 0.1) is 5.92 Å². The number of methoxy groups -OCH3 is 3. The summed E-state index contributed by atoms with van der Waals surface area (Å²) in [5.74, 6) is 2.99. The van der Waals surface area contributed by atoms with Gasteiger partial charge < -0.3 is 38.1 Å². The summed E-state index contributed by atoms with van der Waals surface area (Å²) < 4.78 is 44.0. The van der Waals surface area contributed by atoms with Gasteiger partial charge in [0.25, 0.3) is 0 Å². The topological polar surface area (TPSA) is 102 Å². The number of fused-ring (bicyclic) bond motifs is 8. The van der Waals surface area contributed by atoms with E-state index in [0.29, 0.717) is 53.9 Å². The van der Waals surface area contributed by atoms with Crippen molar-refractivity contribution >= 4 is 34.5 Å². The Bertz CT molecular complexity index is 4000. The average Bonchev–Trinajstić information content (AvgIpc) is 1.47. The summed E-state index contributed by atoms with van der Waals surface area (Å²) >= 11 is 0. The maximum atomic E-state index is 14.4. The van der Waals surface area contributed by atoms with Gasteiger partial charge in [0.2, 0.25) is 0 Å².